The lowest BCUT2D eigenvalue weighted by Crippen LogP contribution is -2.42. The van der Waals surface area contributed by atoms with Crippen LogP contribution in [0.3, 0.4) is 0 Å². The first kappa shape index (κ1) is 25.8. The van der Waals surface area contributed by atoms with Crippen molar-refractivity contribution in [3.63, 3.8) is 0 Å². The van der Waals surface area contributed by atoms with Crippen molar-refractivity contribution in [2.24, 2.45) is 11.8 Å². The number of anilines is 3. The minimum atomic E-state index is -0.262. The van der Waals surface area contributed by atoms with Crippen molar-refractivity contribution in [2.45, 2.75) is 38.3 Å². The molecule has 8 heteroatoms. The van der Waals surface area contributed by atoms with Crippen molar-refractivity contribution in [3.8, 4) is 11.1 Å². The maximum Gasteiger partial charge on any atom is 0.326 e. The highest BCUT2D eigenvalue weighted by atomic mass is 35.5. The Balaban J connectivity index is 1.47. The Bertz CT molecular complexity index is 1340. The van der Waals surface area contributed by atoms with Crippen molar-refractivity contribution in [2.75, 3.05) is 30.4 Å². The average molecular weight is 570 g/mol. The highest BCUT2D eigenvalue weighted by Gasteiger charge is 2.33. The number of halogens is 3. The smallest absolute Gasteiger partial charge is 0.326 e. The quantitative estimate of drug-likeness (QED) is 0.333. The molecule has 0 spiro atoms. The lowest BCUT2D eigenvalue weighted by atomic mass is 9.93. The molecule has 5 nitrogen and oxygen atoms in total. The predicted molar refractivity (Wildman–Crippen MR) is 158 cm³/mol. The largest absolute Gasteiger partial charge is 0.382 e. The van der Waals surface area contributed by atoms with Gasteiger partial charge in [-0.3, -0.25) is 4.90 Å². The molecular formula is C30H31Cl3N4O. The molecule has 6 rings (SSSR count). The van der Waals surface area contributed by atoms with Gasteiger partial charge >= 0.3 is 6.03 Å². The van der Waals surface area contributed by atoms with E-state index in [9.17, 15) is 4.79 Å². The number of para-hydroxylation sites is 1. The van der Waals surface area contributed by atoms with E-state index in [-0.39, 0.29) is 6.03 Å². The Hall–Kier alpha value is -2.44. The molecule has 2 N–H and O–H groups in total. The summed E-state index contributed by atoms with van der Waals surface area (Å²) in [5, 5.41) is 8.38. The number of carbonyl (C=O) groups excluding carboxylic acids is 1. The molecule has 3 aromatic carbocycles. The van der Waals surface area contributed by atoms with E-state index >= 15 is 0 Å². The third-order valence-corrected chi connectivity index (χ3v) is 9.08. The summed E-state index contributed by atoms with van der Waals surface area (Å²) in [4.78, 5) is 17.4. The average Bonchev–Trinajstić information content (AvgIpc) is 3.16. The van der Waals surface area contributed by atoms with E-state index < -0.39 is 0 Å². The van der Waals surface area contributed by atoms with Gasteiger partial charge in [-0.05, 0) is 80.5 Å². The zero-order valence-electron chi connectivity index (χ0n) is 21.3. The number of likely N-dealkylation sites (tertiary alicyclic amines) is 1. The summed E-state index contributed by atoms with van der Waals surface area (Å²) in [6, 6.07) is 17.5. The van der Waals surface area contributed by atoms with Crippen molar-refractivity contribution in [1.29, 1.82) is 0 Å². The van der Waals surface area contributed by atoms with Crippen molar-refractivity contribution < 1.29 is 4.79 Å². The van der Waals surface area contributed by atoms with Gasteiger partial charge in [0.1, 0.15) is 0 Å². The van der Waals surface area contributed by atoms with E-state index in [0.29, 0.717) is 45.2 Å². The van der Waals surface area contributed by atoms with Gasteiger partial charge in [-0.1, -0.05) is 59.1 Å². The van der Waals surface area contributed by atoms with Gasteiger partial charge in [0.25, 0.3) is 0 Å². The number of amides is 2. The first-order valence-electron chi connectivity index (χ1n) is 13.3. The van der Waals surface area contributed by atoms with E-state index in [0.717, 1.165) is 54.0 Å². The molecule has 2 heterocycles. The van der Waals surface area contributed by atoms with Gasteiger partial charge < -0.3 is 15.5 Å². The maximum absolute atomic E-state index is 13.3. The summed E-state index contributed by atoms with van der Waals surface area (Å²) >= 11 is 19.9. The van der Waals surface area contributed by atoms with Crippen molar-refractivity contribution >= 4 is 57.9 Å². The van der Waals surface area contributed by atoms with E-state index in [1.54, 1.807) is 23.1 Å². The molecule has 2 amide bonds. The van der Waals surface area contributed by atoms with E-state index in [1.165, 1.54) is 12.8 Å². The third-order valence-electron chi connectivity index (χ3n) is 8.14. The summed E-state index contributed by atoms with van der Waals surface area (Å²) in [5.74, 6) is 1.38. The maximum atomic E-state index is 13.3. The lowest BCUT2D eigenvalue weighted by molar-refractivity contribution is 0.230. The van der Waals surface area contributed by atoms with Crippen LogP contribution in [0.25, 0.3) is 11.1 Å². The molecule has 1 saturated heterocycles. The minimum Gasteiger partial charge on any atom is -0.382 e. The van der Waals surface area contributed by atoms with Crippen LogP contribution >= 0.6 is 34.8 Å². The lowest BCUT2D eigenvalue weighted by Gasteiger charge is -2.34. The molecule has 2 fully saturated rings. The first-order chi connectivity index (χ1) is 18.4. The molecule has 3 aliphatic rings. The molecule has 2 bridgehead atoms. The van der Waals surface area contributed by atoms with Gasteiger partial charge in [-0.15, -0.1) is 0 Å². The van der Waals surface area contributed by atoms with Crippen LogP contribution in [0.15, 0.2) is 54.6 Å². The molecule has 0 radical (unpaired) electrons. The molecule has 2 aliphatic heterocycles. The fourth-order valence-electron chi connectivity index (χ4n) is 6.57. The zero-order chi connectivity index (χ0) is 26.4. The molecule has 3 aromatic rings. The molecule has 1 saturated carbocycles. The van der Waals surface area contributed by atoms with Crippen LogP contribution in [0.2, 0.25) is 15.1 Å². The number of fused-ring (bicyclic) bond motifs is 4. The number of hydrogen-bond acceptors (Lipinski definition) is 3. The van der Waals surface area contributed by atoms with Gasteiger partial charge in [0, 0.05) is 47.5 Å². The van der Waals surface area contributed by atoms with Gasteiger partial charge in [-0.25, -0.2) is 4.79 Å². The summed E-state index contributed by atoms with van der Waals surface area (Å²) < 4.78 is 0. The van der Waals surface area contributed by atoms with Gasteiger partial charge in [0.2, 0.25) is 0 Å². The predicted octanol–water partition coefficient (Wildman–Crippen LogP) is 8.21. The number of nitrogens with zero attached hydrogens (tertiary/aromatic N) is 2. The minimum absolute atomic E-state index is 0.262. The topological polar surface area (TPSA) is 47.6 Å². The first-order valence-corrected chi connectivity index (χ1v) is 14.4. The van der Waals surface area contributed by atoms with E-state index in [1.807, 2.05) is 24.3 Å². The Morgan fingerprint density at radius 1 is 0.868 bits per heavy atom. The molecule has 2 atom stereocenters. The summed E-state index contributed by atoms with van der Waals surface area (Å²) in [5.41, 5.74) is 5.09. The number of benzene rings is 3. The fourth-order valence-corrected chi connectivity index (χ4v) is 7.38. The zero-order valence-corrected chi connectivity index (χ0v) is 23.6. The number of nitrogens with one attached hydrogen (secondary N) is 2. The Morgan fingerprint density at radius 2 is 1.53 bits per heavy atom. The molecular weight excluding hydrogens is 539 g/mol. The summed E-state index contributed by atoms with van der Waals surface area (Å²) in [6.45, 7) is 2.69. The Labute approximate surface area is 239 Å². The normalized spacial score (nSPS) is 23.4. The molecule has 38 heavy (non-hydrogen) atoms. The van der Waals surface area contributed by atoms with Gasteiger partial charge in [0.15, 0.2) is 0 Å². The molecule has 1 aliphatic carbocycles. The van der Waals surface area contributed by atoms with Crippen molar-refractivity contribution in [1.82, 2.24) is 10.2 Å². The van der Waals surface area contributed by atoms with Crippen LogP contribution in [-0.2, 0) is 6.54 Å². The van der Waals surface area contributed by atoms with Crippen LogP contribution in [0, 0.1) is 11.8 Å². The van der Waals surface area contributed by atoms with Crippen molar-refractivity contribution in [3.05, 3.63) is 75.2 Å². The SMILES string of the molecule is CN1CC2CCC(CC(Nc3cc(-c4ccccc4Cl)c4c(c3)N(c3c(Cl)cccc3Cl)C(=O)NC4)C2)C1. The van der Waals surface area contributed by atoms with Crippen LogP contribution in [0.4, 0.5) is 21.9 Å². The summed E-state index contributed by atoms with van der Waals surface area (Å²) in [7, 11) is 2.25. The number of hydrogen-bond donors (Lipinski definition) is 2. The van der Waals surface area contributed by atoms with Gasteiger partial charge in [-0.2, -0.15) is 0 Å². The third kappa shape index (κ3) is 4.98. The summed E-state index contributed by atoms with van der Waals surface area (Å²) in [6.07, 6.45) is 4.86. The second-order valence-corrected chi connectivity index (χ2v) is 12.1. The Morgan fingerprint density at radius 3 is 2.21 bits per heavy atom. The monoisotopic (exact) mass is 568 g/mol. The number of urea groups is 1. The van der Waals surface area contributed by atoms with E-state index in [2.05, 4.69) is 34.7 Å². The van der Waals surface area contributed by atoms with Gasteiger partial charge in [0.05, 0.1) is 21.4 Å². The fraction of sp³-hybridized carbons (Fsp3) is 0.367. The second-order valence-electron chi connectivity index (χ2n) is 10.9. The Kier molecular flexibility index (Phi) is 7.21. The second kappa shape index (κ2) is 10.6. The number of carbonyl (C=O) groups is 1. The standard InChI is InChI=1S/C30H31Cl3N4O/c1-36-16-18-9-10-19(17-36)12-20(11-18)35-21-13-23(22-5-2-3-6-25(22)31)24-15-34-30(38)37(28(24)14-21)29-26(32)7-4-8-27(29)33/h2-8,13-14,18-20,35H,9-12,15-17H2,1H3,(H,34,38). The molecule has 2 unspecified atom stereocenters. The highest BCUT2D eigenvalue weighted by Crippen LogP contribution is 2.46. The molecule has 198 valence electrons. The van der Waals surface area contributed by atoms with Crippen LogP contribution in [-0.4, -0.2) is 37.1 Å². The number of rotatable bonds is 4. The molecule has 0 aromatic heterocycles. The van der Waals surface area contributed by atoms with Crippen LogP contribution in [0.1, 0.15) is 31.2 Å². The highest BCUT2D eigenvalue weighted by molar-refractivity contribution is 6.40. The van der Waals surface area contributed by atoms with Crippen LogP contribution in [0.5, 0.6) is 0 Å². The van der Waals surface area contributed by atoms with Crippen LogP contribution < -0.4 is 15.5 Å². The van der Waals surface area contributed by atoms with E-state index in [4.69, 9.17) is 34.8 Å².